The third-order valence-electron chi connectivity index (χ3n) is 3.85. The third-order valence-corrected chi connectivity index (χ3v) is 4.85. The van der Waals surface area contributed by atoms with E-state index in [-0.39, 0.29) is 23.4 Å². The van der Waals surface area contributed by atoms with Crippen molar-refractivity contribution in [2.45, 2.75) is 39.3 Å². The first-order valence-corrected chi connectivity index (χ1v) is 8.52. The van der Waals surface area contributed by atoms with Crippen LogP contribution in [-0.4, -0.2) is 23.1 Å². The van der Waals surface area contributed by atoms with Gasteiger partial charge in [0.15, 0.2) is 0 Å². The highest BCUT2D eigenvalue weighted by Crippen LogP contribution is 2.09. The summed E-state index contributed by atoms with van der Waals surface area (Å²) in [7, 11) is 0. The Hall–Kier alpha value is -1.92. The van der Waals surface area contributed by atoms with Crippen LogP contribution in [0.5, 0.6) is 0 Å². The number of nitrogens with one attached hydrogen (secondary N) is 1. The number of aromatic nitrogens is 1. The minimum atomic E-state index is -0.153. The van der Waals surface area contributed by atoms with E-state index in [2.05, 4.69) is 5.32 Å². The van der Waals surface area contributed by atoms with Crippen LogP contribution in [0.25, 0.3) is 0 Å². The third kappa shape index (κ3) is 5.04. The molecule has 1 amide bonds. The van der Waals surface area contributed by atoms with E-state index in [4.69, 9.17) is 5.73 Å². The summed E-state index contributed by atoms with van der Waals surface area (Å²) in [6, 6.07) is 10.1. The summed E-state index contributed by atoms with van der Waals surface area (Å²) in [5.41, 5.74) is 8.15. The van der Waals surface area contributed by atoms with E-state index >= 15 is 0 Å². The van der Waals surface area contributed by atoms with Crippen molar-refractivity contribution in [2.24, 2.45) is 5.73 Å². The highest BCUT2D eigenvalue weighted by atomic mass is 32.1. The van der Waals surface area contributed by atoms with Crippen LogP contribution in [0.15, 0.2) is 35.1 Å². The van der Waals surface area contributed by atoms with Crippen molar-refractivity contribution in [3.8, 4) is 0 Å². The topological polar surface area (TPSA) is 77.1 Å². The number of carbonyl (C=O) groups is 1. The number of benzene rings is 1. The van der Waals surface area contributed by atoms with Gasteiger partial charge in [0.1, 0.15) is 6.54 Å². The number of rotatable bonds is 7. The molecule has 0 spiro atoms. The predicted molar refractivity (Wildman–Crippen MR) is 93.8 cm³/mol. The SMILES string of the molecule is Cc1sc(=O)n(CC(=O)NCCC(N)Cc2ccccc2)c1C. The van der Waals surface area contributed by atoms with E-state index in [9.17, 15) is 9.59 Å². The Bertz CT molecular complexity index is 706. The van der Waals surface area contributed by atoms with Crippen LogP contribution in [0.1, 0.15) is 22.6 Å². The summed E-state index contributed by atoms with van der Waals surface area (Å²) in [6.45, 7) is 4.33. The highest BCUT2D eigenvalue weighted by molar-refractivity contribution is 7.09. The van der Waals surface area contributed by atoms with Crippen LogP contribution < -0.4 is 15.9 Å². The molecule has 6 heteroatoms. The monoisotopic (exact) mass is 333 g/mol. The standard InChI is InChI=1S/C17H23N3O2S/c1-12-13(2)23-17(22)20(12)11-16(21)19-9-8-15(18)10-14-6-4-3-5-7-14/h3-7,15H,8-11,18H2,1-2H3,(H,19,21). The lowest BCUT2D eigenvalue weighted by atomic mass is 10.0. The molecule has 1 aromatic carbocycles. The Balaban J connectivity index is 1.75. The summed E-state index contributed by atoms with van der Waals surface area (Å²) in [5.74, 6) is -0.153. The fraction of sp³-hybridized carbons (Fsp3) is 0.412. The molecule has 0 aliphatic rings. The quantitative estimate of drug-likeness (QED) is 0.808. The summed E-state index contributed by atoms with van der Waals surface area (Å²) >= 11 is 1.18. The number of carbonyl (C=O) groups excluding carboxylic acids is 1. The van der Waals surface area contributed by atoms with Gasteiger partial charge in [-0.1, -0.05) is 41.7 Å². The van der Waals surface area contributed by atoms with Crippen LogP contribution in [0, 0.1) is 13.8 Å². The summed E-state index contributed by atoms with van der Waals surface area (Å²) in [6.07, 6.45) is 1.50. The molecule has 1 heterocycles. The molecule has 1 atom stereocenters. The Kier molecular flexibility index (Phi) is 6.12. The van der Waals surface area contributed by atoms with Crippen LogP contribution in [0.3, 0.4) is 0 Å². The normalized spacial score (nSPS) is 12.1. The minimum Gasteiger partial charge on any atom is -0.354 e. The molecule has 124 valence electrons. The second-order valence-corrected chi connectivity index (χ2v) is 6.85. The first-order valence-electron chi connectivity index (χ1n) is 7.70. The van der Waals surface area contributed by atoms with Crippen LogP contribution in [0.4, 0.5) is 0 Å². The van der Waals surface area contributed by atoms with Gasteiger partial charge in [0.2, 0.25) is 5.91 Å². The maximum atomic E-state index is 12.0. The Morgan fingerprint density at radius 1 is 1.30 bits per heavy atom. The van der Waals surface area contributed by atoms with E-state index in [1.165, 1.54) is 21.5 Å². The van der Waals surface area contributed by atoms with Gasteiger partial charge in [-0.05, 0) is 32.3 Å². The lowest BCUT2D eigenvalue weighted by molar-refractivity contribution is -0.121. The molecule has 0 saturated carbocycles. The zero-order valence-electron chi connectivity index (χ0n) is 13.5. The number of hydrogen-bond acceptors (Lipinski definition) is 4. The summed E-state index contributed by atoms with van der Waals surface area (Å²) in [4.78, 5) is 24.6. The van der Waals surface area contributed by atoms with E-state index in [0.29, 0.717) is 13.0 Å². The van der Waals surface area contributed by atoms with Gasteiger partial charge in [-0.25, -0.2) is 0 Å². The van der Waals surface area contributed by atoms with Gasteiger partial charge in [-0.15, -0.1) is 0 Å². The molecule has 0 radical (unpaired) electrons. The first-order chi connectivity index (χ1) is 11.0. The van der Waals surface area contributed by atoms with Crippen molar-refractivity contribution in [1.82, 2.24) is 9.88 Å². The van der Waals surface area contributed by atoms with Crippen molar-refractivity contribution < 1.29 is 4.79 Å². The van der Waals surface area contributed by atoms with E-state index in [0.717, 1.165) is 17.0 Å². The Morgan fingerprint density at radius 2 is 2.00 bits per heavy atom. The molecule has 0 bridgehead atoms. The van der Waals surface area contributed by atoms with Gasteiger partial charge < -0.3 is 11.1 Å². The molecule has 1 unspecified atom stereocenters. The molecule has 1 aromatic heterocycles. The molecule has 5 nitrogen and oxygen atoms in total. The Morgan fingerprint density at radius 3 is 2.61 bits per heavy atom. The largest absolute Gasteiger partial charge is 0.354 e. The molecule has 0 aliphatic heterocycles. The first kappa shape index (κ1) is 17.4. The second kappa shape index (κ2) is 8.08. The molecular weight excluding hydrogens is 310 g/mol. The highest BCUT2D eigenvalue weighted by Gasteiger charge is 2.11. The van der Waals surface area contributed by atoms with Crippen molar-refractivity contribution >= 4 is 17.2 Å². The predicted octanol–water partition coefficient (Wildman–Crippen LogP) is 1.60. The Labute approximate surface area is 140 Å². The number of thiazole rings is 1. The van der Waals surface area contributed by atoms with Gasteiger partial charge in [0, 0.05) is 23.2 Å². The maximum absolute atomic E-state index is 12.0. The summed E-state index contributed by atoms with van der Waals surface area (Å²) in [5, 5.41) is 2.84. The average Bonchev–Trinajstić information content (AvgIpc) is 2.75. The number of amides is 1. The lowest BCUT2D eigenvalue weighted by Gasteiger charge is -2.12. The number of aryl methyl sites for hydroxylation is 1. The van der Waals surface area contributed by atoms with Gasteiger partial charge >= 0.3 is 4.87 Å². The van der Waals surface area contributed by atoms with Gasteiger partial charge in [-0.2, -0.15) is 0 Å². The number of nitrogens with two attached hydrogens (primary N) is 1. The van der Waals surface area contributed by atoms with Crippen LogP contribution >= 0.6 is 11.3 Å². The average molecular weight is 333 g/mol. The van der Waals surface area contributed by atoms with Crippen molar-refractivity contribution in [1.29, 1.82) is 0 Å². The fourth-order valence-electron chi connectivity index (χ4n) is 2.39. The van der Waals surface area contributed by atoms with Crippen molar-refractivity contribution in [3.63, 3.8) is 0 Å². The smallest absolute Gasteiger partial charge is 0.308 e. The van der Waals surface area contributed by atoms with E-state index in [1.54, 1.807) is 0 Å². The van der Waals surface area contributed by atoms with E-state index < -0.39 is 0 Å². The molecular formula is C17H23N3O2S. The minimum absolute atomic E-state index is 0.00514. The zero-order chi connectivity index (χ0) is 16.8. The molecule has 0 aliphatic carbocycles. The van der Waals surface area contributed by atoms with Gasteiger partial charge in [0.25, 0.3) is 0 Å². The molecule has 0 fully saturated rings. The number of hydrogen-bond donors (Lipinski definition) is 2. The number of nitrogens with zero attached hydrogens (tertiary/aromatic N) is 1. The van der Waals surface area contributed by atoms with Gasteiger partial charge in [0.05, 0.1) is 0 Å². The van der Waals surface area contributed by atoms with Gasteiger partial charge in [-0.3, -0.25) is 14.2 Å². The fourth-order valence-corrected chi connectivity index (χ4v) is 3.22. The van der Waals surface area contributed by atoms with Crippen molar-refractivity contribution in [3.05, 3.63) is 56.1 Å². The molecule has 23 heavy (non-hydrogen) atoms. The summed E-state index contributed by atoms with van der Waals surface area (Å²) < 4.78 is 1.51. The lowest BCUT2D eigenvalue weighted by Crippen LogP contribution is -2.35. The van der Waals surface area contributed by atoms with E-state index in [1.807, 2.05) is 44.2 Å². The maximum Gasteiger partial charge on any atom is 0.308 e. The van der Waals surface area contributed by atoms with Crippen LogP contribution in [0.2, 0.25) is 0 Å². The molecule has 3 N–H and O–H groups in total. The van der Waals surface area contributed by atoms with Crippen molar-refractivity contribution in [2.75, 3.05) is 6.54 Å². The molecule has 0 saturated heterocycles. The zero-order valence-corrected chi connectivity index (χ0v) is 14.4. The van der Waals surface area contributed by atoms with Crippen LogP contribution in [-0.2, 0) is 17.8 Å². The molecule has 2 rings (SSSR count). The molecule has 2 aromatic rings. The second-order valence-electron chi connectivity index (χ2n) is 5.68.